The zero-order valence-electron chi connectivity index (χ0n) is 18.2. The number of piperidine rings is 1. The topological polar surface area (TPSA) is 61.9 Å². The molecule has 1 N–H and O–H groups in total. The molecule has 1 atom stereocenters. The zero-order chi connectivity index (χ0) is 21.7. The summed E-state index contributed by atoms with van der Waals surface area (Å²) in [7, 11) is 4.21. The Morgan fingerprint density at radius 1 is 1.23 bits per heavy atom. The third kappa shape index (κ3) is 5.28. The van der Waals surface area contributed by atoms with Crippen molar-refractivity contribution >= 4 is 28.2 Å². The van der Waals surface area contributed by atoms with Crippen LogP contribution in [0.1, 0.15) is 37.0 Å². The molecule has 0 saturated carbocycles. The van der Waals surface area contributed by atoms with Gasteiger partial charge in [0.15, 0.2) is 0 Å². The number of anilines is 1. The molecule has 1 amide bonds. The van der Waals surface area contributed by atoms with E-state index in [1.807, 2.05) is 37.3 Å². The lowest BCUT2D eigenvalue weighted by atomic mass is 10.0. The van der Waals surface area contributed by atoms with E-state index in [-0.39, 0.29) is 11.9 Å². The molecule has 1 saturated heterocycles. The van der Waals surface area contributed by atoms with E-state index in [1.54, 1.807) is 13.0 Å². The van der Waals surface area contributed by atoms with Crippen molar-refractivity contribution < 1.29 is 14.3 Å². The van der Waals surface area contributed by atoms with E-state index in [1.165, 1.54) is 11.3 Å². The van der Waals surface area contributed by atoms with Gasteiger partial charge in [-0.1, -0.05) is 30.3 Å². The first-order valence-electron chi connectivity index (χ1n) is 10.5. The lowest BCUT2D eigenvalue weighted by Gasteiger charge is -2.37. The molecule has 0 radical (unpaired) electrons. The van der Waals surface area contributed by atoms with E-state index >= 15 is 0 Å². The predicted molar refractivity (Wildman–Crippen MR) is 122 cm³/mol. The minimum atomic E-state index is -0.411. The zero-order valence-corrected chi connectivity index (χ0v) is 19.0. The molecular formula is C23H31N3O3S. The van der Waals surface area contributed by atoms with E-state index < -0.39 is 5.97 Å². The number of benzene rings is 1. The number of nitrogens with one attached hydrogen (secondary N) is 1. The van der Waals surface area contributed by atoms with Gasteiger partial charge in [0.25, 0.3) is 0 Å². The normalized spacial score (nSPS) is 16.4. The van der Waals surface area contributed by atoms with E-state index in [9.17, 15) is 9.59 Å². The number of likely N-dealkylation sites (tertiary alicyclic amines) is 1. The average molecular weight is 430 g/mol. The van der Waals surface area contributed by atoms with Gasteiger partial charge in [0.2, 0.25) is 5.91 Å². The van der Waals surface area contributed by atoms with Gasteiger partial charge >= 0.3 is 5.97 Å². The fourth-order valence-corrected chi connectivity index (χ4v) is 4.82. The van der Waals surface area contributed by atoms with E-state index in [2.05, 4.69) is 29.2 Å². The summed E-state index contributed by atoms with van der Waals surface area (Å²) in [5, 5.41) is 3.55. The molecule has 1 fully saturated rings. The standard InChI is InChI=1S/C23H31N3O3S/c1-5-29-23(28)19-15-20(17-9-7-6-8-10-17)30-22(19)24-21(27)16(2)26-13-11-18(12-14-26)25(3)4/h6-10,15-16,18H,5,11-14H2,1-4H3,(H,24,27). The average Bonchev–Trinajstić information content (AvgIpc) is 3.18. The number of esters is 1. The Morgan fingerprint density at radius 2 is 1.90 bits per heavy atom. The van der Waals surface area contributed by atoms with E-state index in [0.29, 0.717) is 23.2 Å². The van der Waals surface area contributed by atoms with Crippen LogP contribution >= 0.6 is 11.3 Å². The van der Waals surface area contributed by atoms with Crippen LogP contribution in [0.4, 0.5) is 5.00 Å². The maximum atomic E-state index is 13.0. The van der Waals surface area contributed by atoms with Crippen LogP contribution in [0.2, 0.25) is 0 Å². The Hall–Kier alpha value is -2.22. The highest BCUT2D eigenvalue weighted by atomic mass is 32.1. The van der Waals surface area contributed by atoms with Crippen molar-refractivity contribution in [2.75, 3.05) is 39.1 Å². The van der Waals surface area contributed by atoms with Gasteiger partial charge in [-0.25, -0.2) is 4.79 Å². The van der Waals surface area contributed by atoms with Gasteiger partial charge in [-0.3, -0.25) is 9.69 Å². The maximum Gasteiger partial charge on any atom is 0.341 e. The molecule has 1 aromatic heterocycles. The number of rotatable bonds is 7. The van der Waals surface area contributed by atoms with Crippen LogP contribution in [-0.4, -0.2) is 67.6 Å². The molecule has 1 aliphatic heterocycles. The minimum absolute atomic E-state index is 0.0923. The molecule has 30 heavy (non-hydrogen) atoms. The molecule has 2 aromatic rings. The Morgan fingerprint density at radius 3 is 2.50 bits per heavy atom. The highest BCUT2D eigenvalue weighted by Crippen LogP contribution is 2.36. The second-order valence-corrected chi connectivity index (χ2v) is 8.89. The summed E-state index contributed by atoms with van der Waals surface area (Å²) >= 11 is 1.41. The minimum Gasteiger partial charge on any atom is -0.462 e. The molecule has 1 aliphatic rings. The number of carbonyl (C=O) groups excluding carboxylic acids is 2. The lowest BCUT2D eigenvalue weighted by molar-refractivity contribution is -0.121. The molecule has 162 valence electrons. The summed E-state index contributed by atoms with van der Waals surface area (Å²) in [4.78, 5) is 30.9. The SMILES string of the molecule is CCOC(=O)c1cc(-c2ccccc2)sc1NC(=O)C(C)N1CCC(N(C)C)CC1. The van der Waals surface area contributed by atoms with Crippen molar-refractivity contribution in [3.63, 3.8) is 0 Å². The first-order chi connectivity index (χ1) is 14.4. The number of hydrogen-bond acceptors (Lipinski definition) is 6. The molecular weight excluding hydrogens is 398 g/mol. The van der Waals surface area contributed by atoms with Crippen molar-refractivity contribution in [2.24, 2.45) is 0 Å². The van der Waals surface area contributed by atoms with Crippen LogP contribution in [0.5, 0.6) is 0 Å². The Balaban J connectivity index is 1.75. The number of ether oxygens (including phenoxy) is 1. The first-order valence-corrected chi connectivity index (χ1v) is 11.3. The van der Waals surface area contributed by atoms with Crippen molar-refractivity contribution in [3.05, 3.63) is 42.0 Å². The largest absolute Gasteiger partial charge is 0.462 e. The van der Waals surface area contributed by atoms with Crippen LogP contribution in [-0.2, 0) is 9.53 Å². The first kappa shape index (κ1) is 22.5. The van der Waals surface area contributed by atoms with Crippen LogP contribution < -0.4 is 5.32 Å². The van der Waals surface area contributed by atoms with E-state index in [4.69, 9.17) is 4.74 Å². The molecule has 2 heterocycles. The van der Waals surface area contributed by atoms with Crippen LogP contribution in [0.15, 0.2) is 36.4 Å². The molecule has 0 bridgehead atoms. The third-order valence-electron chi connectivity index (χ3n) is 5.68. The highest BCUT2D eigenvalue weighted by Gasteiger charge is 2.29. The van der Waals surface area contributed by atoms with Crippen molar-refractivity contribution in [1.82, 2.24) is 9.80 Å². The lowest BCUT2D eigenvalue weighted by Crippen LogP contribution is -2.49. The Bertz CT molecular complexity index is 858. The molecule has 0 spiro atoms. The molecule has 7 heteroatoms. The fraction of sp³-hybridized carbons (Fsp3) is 0.478. The van der Waals surface area contributed by atoms with Crippen LogP contribution in [0.3, 0.4) is 0 Å². The van der Waals surface area contributed by atoms with Gasteiger partial charge in [0.05, 0.1) is 18.2 Å². The summed E-state index contributed by atoms with van der Waals surface area (Å²) in [6.07, 6.45) is 2.10. The highest BCUT2D eigenvalue weighted by molar-refractivity contribution is 7.20. The number of carbonyl (C=O) groups is 2. The smallest absolute Gasteiger partial charge is 0.341 e. The van der Waals surface area contributed by atoms with Crippen molar-refractivity contribution in [3.8, 4) is 10.4 Å². The van der Waals surface area contributed by atoms with Gasteiger partial charge in [-0.15, -0.1) is 11.3 Å². The van der Waals surface area contributed by atoms with Gasteiger partial charge in [0.1, 0.15) is 5.00 Å². The summed E-state index contributed by atoms with van der Waals surface area (Å²) < 4.78 is 5.21. The third-order valence-corrected chi connectivity index (χ3v) is 6.78. The number of amides is 1. The van der Waals surface area contributed by atoms with Gasteiger partial charge in [-0.05, 0) is 52.4 Å². The number of hydrogen-bond donors (Lipinski definition) is 1. The molecule has 3 rings (SSSR count). The predicted octanol–water partition coefficient (Wildman–Crippen LogP) is 3.94. The summed E-state index contributed by atoms with van der Waals surface area (Å²) in [6, 6.07) is 12.0. The molecule has 1 aromatic carbocycles. The van der Waals surface area contributed by atoms with Gasteiger partial charge < -0.3 is 15.0 Å². The summed E-state index contributed by atoms with van der Waals surface area (Å²) in [6.45, 7) is 5.78. The molecule has 0 aliphatic carbocycles. The monoisotopic (exact) mass is 429 g/mol. The second kappa shape index (κ2) is 10.2. The van der Waals surface area contributed by atoms with Gasteiger partial charge in [0, 0.05) is 24.0 Å². The molecule has 1 unspecified atom stereocenters. The number of nitrogens with zero attached hydrogens (tertiary/aromatic N) is 2. The molecule has 6 nitrogen and oxygen atoms in total. The van der Waals surface area contributed by atoms with Crippen molar-refractivity contribution in [1.29, 1.82) is 0 Å². The number of thiophene rings is 1. The Labute approximate surface area is 182 Å². The van der Waals surface area contributed by atoms with E-state index in [0.717, 1.165) is 36.4 Å². The Kier molecular flexibility index (Phi) is 7.64. The van der Waals surface area contributed by atoms with Crippen LogP contribution in [0, 0.1) is 0 Å². The summed E-state index contributed by atoms with van der Waals surface area (Å²) in [5.41, 5.74) is 1.42. The quantitative estimate of drug-likeness (QED) is 0.676. The van der Waals surface area contributed by atoms with Gasteiger partial charge in [-0.2, -0.15) is 0 Å². The van der Waals surface area contributed by atoms with Crippen molar-refractivity contribution in [2.45, 2.75) is 38.8 Å². The second-order valence-electron chi connectivity index (χ2n) is 7.84. The van der Waals surface area contributed by atoms with Crippen LogP contribution in [0.25, 0.3) is 10.4 Å². The fourth-order valence-electron chi connectivity index (χ4n) is 3.76. The summed E-state index contributed by atoms with van der Waals surface area (Å²) in [5.74, 6) is -0.504. The maximum absolute atomic E-state index is 13.0.